The molecule has 5 N–H and O–H groups in total. The van der Waals surface area contributed by atoms with Gasteiger partial charge in [0.1, 0.15) is 11.4 Å². The molecule has 18 nitrogen and oxygen atoms in total. The topological polar surface area (TPSA) is 212 Å². The van der Waals surface area contributed by atoms with Gasteiger partial charge in [-0.1, -0.05) is 12.2 Å². The van der Waals surface area contributed by atoms with E-state index in [0.717, 1.165) is 16.8 Å². The van der Waals surface area contributed by atoms with Gasteiger partial charge in [-0.25, -0.2) is 4.98 Å². The zero-order valence-electron chi connectivity index (χ0n) is 34.2. The summed E-state index contributed by atoms with van der Waals surface area (Å²) in [6.45, 7) is 5.21. The number of rotatable bonds is 12. The van der Waals surface area contributed by atoms with E-state index in [9.17, 15) is 24.0 Å². The van der Waals surface area contributed by atoms with Gasteiger partial charge in [0.25, 0.3) is 23.6 Å². The molecule has 61 heavy (non-hydrogen) atoms. The lowest BCUT2D eigenvalue weighted by Gasteiger charge is -2.20. The Labute approximate surface area is 350 Å². The summed E-state index contributed by atoms with van der Waals surface area (Å²) < 4.78 is 16.2. The number of nitrogen functional groups attached to an aromatic ring is 1. The number of benzene rings is 2. The van der Waals surface area contributed by atoms with E-state index in [1.165, 1.54) is 23.9 Å². The van der Waals surface area contributed by atoms with Crippen molar-refractivity contribution in [2.24, 2.45) is 26.1 Å². The van der Waals surface area contributed by atoms with Gasteiger partial charge in [-0.15, -0.1) is 0 Å². The Bertz CT molecular complexity index is 2670. The molecule has 18 heteroatoms. The van der Waals surface area contributed by atoms with E-state index >= 15 is 0 Å². The van der Waals surface area contributed by atoms with Gasteiger partial charge < -0.3 is 54.7 Å². The summed E-state index contributed by atoms with van der Waals surface area (Å²) in [4.78, 5) is 78.6. The molecule has 3 aliphatic rings. The molecule has 5 aromatic rings. The van der Waals surface area contributed by atoms with E-state index in [4.69, 9.17) is 15.2 Å². The van der Waals surface area contributed by atoms with Gasteiger partial charge >= 0.3 is 0 Å². The molecule has 0 bridgehead atoms. The number of aryl methyl sites for hydroxylation is 3. The number of nitrogens with two attached hydrogens (primary N) is 1. The minimum absolute atomic E-state index is 0.0286. The standard InChI is InChI=1S/C43H45N11O7/c1-24-13-29-19-45-31-18-36(35(60-5)17-30(31)42(58)54(29)20-24)61-12-6-7-38(55)48-37-23-52(4)39(49-37)41(57)47-27-15-33(50(2)21-27)40(56)46-28-16-34(51(3)22-28)43(59)53-11-10-25-14-26(44)8-9-32(25)53/h8-9,14-19,21-23,29H,1,6-7,10-13,20,44H2,2-5H3,(H,46,56)(H,47,57)(H,48,55). The van der Waals surface area contributed by atoms with E-state index in [-0.39, 0.29) is 54.1 Å². The highest BCUT2D eigenvalue weighted by atomic mass is 16.5. The number of carbonyl (C=O) groups is 5. The normalized spacial score (nSPS) is 15.2. The van der Waals surface area contributed by atoms with E-state index < -0.39 is 11.8 Å². The number of carbonyl (C=O) groups excluding carboxylic acids is 5. The van der Waals surface area contributed by atoms with Crippen LogP contribution in [-0.2, 0) is 32.4 Å². The lowest BCUT2D eigenvalue weighted by molar-refractivity contribution is -0.116. The smallest absolute Gasteiger partial charge is 0.291 e. The van der Waals surface area contributed by atoms with Crippen LogP contribution in [0.15, 0.2) is 78.2 Å². The molecular weight excluding hydrogens is 783 g/mol. The molecule has 0 aliphatic carbocycles. The molecule has 2 aromatic carbocycles. The second-order valence-corrected chi connectivity index (χ2v) is 15.3. The van der Waals surface area contributed by atoms with Crippen LogP contribution in [0.25, 0.3) is 0 Å². The first-order valence-electron chi connectivity index (χ1n) is 19.6. The van der Waals surface area contributed by atoms with Crippen molar-refractivity contribution in [3.63, 3.8) is 0 Å². The lowest BCUT2D eigenvalue weighted by Crippen LogP contribution is -2.35. The molecule has 1 atom stereocenters. The number of nitrogens with one attached hydrogen (secondary N) is 3. The second-order valence-electron chi connectivity index (χ2n) is 15.3. The molecule has 0 spiro atoms. The molecule has 3 aliphatic heterocycles. The fourth-order valence-electron chi connectivity index (χ4n) is 7.82. The Morgan fingerprint density at radius 2 is 1.64 bits per heavy atom. The minimum atomic E-state index is -0.557. The third-order valence-electron chi connectivity index (χ3n) is 10.8. The van der Waals surface area contributed by atoms with Gasteiger partial charge in [0, 0.05) is 82.9 Å². The number of fused-ring (bicyclic) bond motifs is 3. The number of ether oxygens (including phenoxy) is 2. The number of anilines is 5. The Hall–Kier alpha value is -7.63. The zero-order valence-corrected chi connectivity index (χ0v) is 34.2. The van der Waals surface area contributed by atoms with Gasteiger partial charge in [0.15, 0.2) is 17.3 Å². The maximum absolute atomic E-state index is 13.5. The number of hydrogen-bond donors (Lipinski definition) is 4. The summed E-state index contributed by atoms with van der Waals surface area (Å²) in [7, 11) is 6.52. The Balaban J connectivity index is 0.829. The number of hydrogen-bond acceptors (Lipinski definition) is 10. The summed E-state index contributed by atoms with van der Waals surface area (Å²) in [6, 6.07) is 11.8. The van der Waals surface area contributed by atoms with Crippen LogP contribution in [0.5, 0.6) is 11.5 Å². The minimum Gasteiger partial charge on any atom is -0.493 e. The maximum Gasteiger partial charge on any atom is 0.291 e. The Kier molecular flexibility index (Phi) is 10.7. The summed E-state index contributed by atoms with van der Waals surface area (Å²) in [6.07, 6.45) is 8.36. The third-order valence-corrected chi connectivity index (χ3v) is 10.8. The van der Waals surface area contributed by atoms with Crippen molar-refractivity contribution in [2.45, 2.75) is 31.7 Å². The molecular formula is C43H45N11O7. The number of methoxy groups -OCH3 is 1. The van der Waals surface area contributed by atoms with Crippen LogP contribution in [0.1, 0.15) is 66.8 Å². The summed E-state index contributed by atoms with van der Waals surface area (Å²) >= 11 is 0. The fourth-order valence-corrected chi connectivity index (χ4v) is 7.82. The predicted octanol–water partition coefficient (Wildman–Crippen LogP) is 4.68. The number of nitrogens with zero attached hydrogens (tertiary/aromatic N) is 7. The number of imidazole rings is 1. The van der Waals surface area contributed by atoms with Gasteiger partial charge in [-0.3, -0.25) is 29.0 Å². The zero-order chi connectivity index (χ0) is 43.1. The highest BCUT2D eigenvalue weighted by molar-refractivity contribution is 6.09. The second kappa shape index (κ2) is 16.2. The van der Waals surface area contributed by atoms with Crippen molar-refractivity contribution in [3.8, 4) is 11.5 Å². The van der Waals surface area contributed by atoms with Crippen molar-refractivity contribution in [1.29, 1.82) is 0 Å². The molecule has 1 fully saturated rings. The van der Waals surface area contributed by atoms with Crippen molar-refractivity contribution in [1.82, 2.24) is 23.6 Å². The molecule has 1 unspecified atom stereocenters. The number of aromatic nitrogens is 4. The van der Waals surface area contributed by atoms with Gasteiger partial charge in [0.2, 0.25) is 11.7 Å². The first kappa shape index (κ1) is 40.2. The van der Waals surface area contributed by atoms with Crippen LogP contribution >= 0.6 is 0 Å². The van der Waals surface area contributed by atoms with Crippen LogP contribution in [0, 0.1) is 0 Å². The summed E-state index contributed by atoms with van der Waals surface area (Å²) in [5.74, 6) is -0.680. The van der Waals surface area contributed by atoms with Crippen molar-refractivity contribution in [2.75, 3.05) is 53.4 Å². The fraction of sp³-hybridized carbons (Fsp3) is 0.279. The first-order valence-corrected chi connectivity index (χ1v) is 19.6. The highest BCUT2D eigenvalue weighted by Gasteiger charge is 2.34. The molecule has 3 aromatic heterocycles. The quantitative estimate of drug-likeness (QED) is 0.0780. The largest absolute Gasteiger partial charge is 0.493 e. The van der Waals surface area contributed by atoms with Crippen LogP contribution in [0.3, 0.4) is 0 Å². The van der Waals surface area contributed by atoms with Crippen molar-refractivity contribution < 1.29 is 33.4 Å². The van der Waals surface area contributed by atoms with Crippen molar-refractivity contribution >= 4 is 70.0 Å². The van der Waals surface area contributed by atoms with Crippen LogP contribution in [0.4, 0.5) is 34.3 Å². The van der Waals surface area contributed by atoms with Crippen LogP contribution in [-0.4, -0.2) is 92.2 Å². The van der Waals surface area contributed by atoms with E-state index in [1.54, 1.807) is 83.0 Å². The number of aliphatic imine (C=N–C) groups is 1. The Morgan fingerprint density at radius 1 is 0.902 bits per heavy atom. The molecule has 314 valence electrons. The van der Waals surface area contributed by atoms with E-state index in [0.29, 0.717) is 77.9 Å². The Morgan fingerprint density at radius 3 is 2.41 bits per heavy atom. The van der Waals surface area contributed by atoms with Crippen LogP contribution in [0.2, 0.25) is 0 Å². The number of amides is 5. The van der Waals surface area contributed by atoms with Crippen LogP contribution < -0.4 is 36.1 Å². The van der Waals surface area contributed by atoms with Gasteiger partial charge in [-0.2, -0.15) is 0 Å². The van der Waals surface area contributed by atoms with E-state index in [2.05, 4.69) is 32.5 Å². The van der Waals surface area contributed by atoms with Gasteiger partial charge in [0.05, 0.1) is 42.4 Å². The monoisotopic (exact) mass is 827 g/mol. The average Bonchev–Trinajstić information content (AvgIpc) is 4.05. The SMILES string of the molecule is C=C1CC2C=Nc3cc(OCCCC(=O)Nc4cn(C)c(C(=O)Nc5cc(C(=O)Nc6cc(C(=O)N7CCc8cc(N)ccc87)n(C)c6)n(C)c5)n4)c(OC)cc3C(=O)N2C1. The molecule has 8 rings (SSSR count). The molecule has 1 saturated heterocycles. The maximum atomic E-state index is 13.5. The molecule has 0 saturated carbocycles. The van der Waals surface area contributed by atoms with Crippen molar-refractivity contribution in [3.05, 3.63) is 102 Å². The predicted molar refractivity (Wildman–Crippen MR) is 229 cm³/mol. The summed E-state index contributed by atoms with van der Waals surface area (Å²) in [5.41, 5.74) is 11.7. The summed E-state index contributed by atoms with van der Waals surface area (Å²) in [5, 5.41) is 8.33. The molecule has 5 amide bonds. The highest BCUT2D eigenvalue weighted by Crippen LogP contribution is 2.39. The first-order chi connectivity index (χ1) is 29.3. The van der Waals surface area contributed by atoms with E-state index in [1.807, 2.05) is 12.1 Å². The van der Waals surface area contributed by atoms with Gasteiger partial charge in [-0.05, 0) is 61.2 Å². The molecule has 6 heterocycles. The lowest BCUT2D eigenvalue weighted by atomic mass is 10.1. The third kappa shape index (κ3) is 8.06. The average molecular weight is 828 g/mol. The molecule has 0 radical (unpaired) electrons.